The van der Waals surface area contributed by atoms with Crippen LogP contribution >= 0.6 is 11.8 Å². The summed E-state index contributed by atoms with van der Waals surface area (Å²) in [4.78, 5) is 19.9. The first-order chi connectivity index (χ1) is 17.5. The minimum atomic E-state index is -0.114. The van der Waals surface area contributed by atoms with E-state index in [1.54, 1.807) is 11.8 Å². The van der Waals surface area contributed by atoms with Crippen LogP contribution in [0.4, 0.5) is 0 Å². The SMILES string of the molecule is Cc1cccc(CSc2nc3c(c(=O)n2-c2cccc(C)c2)C2(CCCCC2)Cc2ccccc2-3)c1. The maximum Gasteiger partial charge on any atom is 0.263 e. The number of aromatic nitrogens is 2. The van der Waals surface area contributed by atoms with Crippen molar-refractivity contribution in [3.8, 4) is 16.9 Å². The first kappa shape index (κ1) is 23.3. The monoisotopic (exact) mass is 492 g/mol. The third-order valence-electron chi connectivity index (χ3n) is 7.91. The van der Waals surface area contributed by atoms with Crippen molar-refractivity contribution in [1.82, 2.24) is 9.55 Å². The summed E-state index contributed by atoms with van der Waals surface area (Å²) in [5.41, 5.74) is 8.88. The van der Waals surface area contributed by atoms with Gasteiger partial charge in [-0.1, -0.05) is 97.3 Å². The van der Waals surface area contributed by atoms with Crippen molar-refractivity contribution >= 4 is 11.8 Å². The normalized spacial score (nSPS) is 15.9. The Morgan fingerprint density at radius 3 is 2.42 bits per heavy atom. The maximum absolute atomic E-state index is 14.6. The average Bonchev–Trinajstić information content (AvgIpc) is 2.88. The molecule has 0 N–H and O–H groups in total. The van der Waals surface area contributed by atoms with Gasteiger partial charge in [0.2, 0.25) is 0 Å². The summed E-state index contributed by atoms with van der Waals surface area (Å²) in [5, 5.41) is 0.772. The van der Waals surface area contributed by atoms with E-state index in [2.05, 4.69) is 74.5 Å². The third kappa shape index (κ3) is 4.12. The molecule has 0 bridgehead atoms. The Balaban J connectivity index is 1.58. The lowest BCUT2D eigenvalue weighted by atomic mass is 9.62. The molecule has 2 aliphatic rings. The fraction of sp³-hybridized carbons (Fsp3) is 0.312. The van der Waals surface area contributed by atoms with Crippen LogP contribution < -0.4 is 5.56 Å². The van der Waals surface area contributed by atoms with E-state index < -0.39 is 0 Å². The van der Waals surface area contributed by atoms with Crippen LogP contribution in [0.25, 0.3) is 16.9 Å². The molecule has 182 valence electrons. The van der Waals surface area contributed by atoms with Gasteiger partial charge in [0.1, 0.15) is 0 Å². The van der Waals surface area contributed by atoms with E-state index in [0.29, 0.717) is 0 Å². The fourth-order valence-corrected chi connectivity index (χ4v) is 7.18. The van der Waals surface area contributed by atoms with E-state index >= 15 is 0 Å². The van der Waals surface area contributed by atoms with Gasteiger partial charge in [0, 0.05) is 16.7 Å². The number of rotatable bonds is 4. The van der Waals surface area contributed by atoms with Crippen LogP contribution in [0.5, 0.6) is 0 Å². The van der Waals surface area contributed by atoms with Gasteiger partial charge in [-0.05, 0) is 61.9 Å². The summed E-state index contributed by atoms with van der Waals surface area (Å²) in [6, 6.07) is 25.5. The largest absolute Gasteiger partial charge is 0.268 e. The number of hydrogen-bond acceptors (Lipinski definition) is 3. The summed E-state index contributed by atoms with van der Waals surface area (Å²) in [6.45, 7) is 4.20. The molecule has 4 heteroatoms. The molecule has 3 aromatic carbocycles. The molecule has 6 rings (SSSR count). The van der Waals surface area contributed by atoms with Gasteiger partial charge in [-0.25, -0.2) is 4.98 Å². The smallest absolute Gasteiger partial charge is 0.263 e. The molecule has 1 heterocycles. The number of nitrogens with zero attached hydrogens (tertiary/aromatic N) is 2. The standard InChI is InChI=1S/C32H32N2OS/c1-22-10-8-12-24(18-22)21-36-31-33-29-27-15-5-4-13-25(27)20-32(16-6-3-7-17-32)28(29)30(35)34(31)26-14-9-11-23(2)19-26/h4-5,8-15,18-19H,3,6-7,16-17,20-21H2,1-2H3. The fourth-order valence-electron chi connectivity index (χ4n) is 6.23. The van der Waals surface area contributed by atoms with Crippen molar-refractivity contribution in [2.45, 2.75) is 68.7 Å². The minimum Gasteiger partial charge on any atom is -0.268 e. The molecular weight excluding hydrogens is 460 g/mol. The molecule has 3 nitrogen and oxygen atoms in total. The molecule has 1 fully saturated rings. The minimum absolute atomic E-state index is 0.114. The second kappa shape index (κ2) is 9.40. The molecule has 1 aromatic heterocycles. The van der Waals surface area contributed by atoms with Gasteiger partial charge in [0.25, 0.3) is 5.56 Å². The highest BCUT2D eigenvalue weighted by Crippen LogP contribution is 2.49. The number of aryl methyl sites for hydroxylation is 2. The van der Waals surface area contributed by atoms with Gasteiger partial charge < -0.3 is 0 Å². The molecule has 0 atom stereocenters. The van der Waals surface area contributed by atoms with Gasteiger partial charge >= 0.3 is 0 Å². The second-order valence-corrected chi connectivity index (χ2v) is 11.5. The van der Waals surface area contributed by atoms with Crippen LogP contribution in [0, 0.1) is 13.8 Å². The second-order valence-electron chi connectivity index (χ2n) is 10.6. The van der Waals surface area contributed by atoms with Crippen molar-refractivity contribution in [1.29, 1.82) is 0 Å². The highest BCUT2D eigenvalue weighted by Gasteiger charge is 2.43. The van der Waals surface area contributed by atoms with E-state index in [9.17, 15) is 4.79 Å². The van der Waals surface area contributed by atoms with Crippen molar-refractivity contribution in [2.24, 2.45) is 0 Å². The van der Waals surface area contributed by atoms with E-state index in [1.807, 2.05) is 16.7 Å². The zero-order valence-corrected chi connectivity index (χ0v) is 21.9. The van der Waals surface area contributed by atoms with Crippen LogP contribution in [0.1, 0.15) is 59.9 Å². The average molecular weight is 493 g/mol. The number of hydrogen-bond donors (Lipinski definition) is 0. The van der Waals surface area contributed by atoms with Gasteiger partial charge in [0.05, 0.1) is 16.9 Å². The molecule has 0 amide bonds. The van der Waals surface area contributed by atoms with E-state index in [4.69, 9.17) is 4.98 Å². The van der Waals surface area contributed by atoms with Crippen molar-refractivity contribution in [3.63, 3.8) is 0 Å². The molecule has 0 unspecified atom stereocenters. The lowest BCUT2D eigenvalue weighted by molar-refractivity contribution is 0.283. The Bertz CT molecular complexity index is 1500. The van der Waals surface area contributed by atoms with Crippen molar-refractivity contribution in [2.75, 3.05) is 0 Å². The first-order valence-electron chi connectivity index (χ1n) is 13.1. The van der Waals surface area contributed by atoms with Gasteiger partial charge in [-0.3, -0.25) is 9.36 Å². The Labute approximate surface area is 217 Å². The molecule has 0 aliphatic heterocycles. The summed E-state index contributed by atoms with van der Waals surface area (Å²) in [6.07, 6.45) is 6.67. The molecule has 2 aliphatic carbocycles. The Morgan fingerprint density at radius 1 is 0.889 bits per heavy atom. The van der Waals surface area contributed by atoms with Crippen LogP contribution in [0.15, 0.2) is 82.7 Å². The quantitative estimate of drug-likeness (QED) is 0.218. The first-order valence-corrected chi connectivity index (χ1v) is 14.0. The van der Waals surface area contributed by atoms with Crippen LogP contribution in [-0.2, 0) is 17.6 Å². The van der Waals surface area contributed by atoms with Crippen molar-refractivity contribution < 1.29 is 0 Å². The molecule has 1 spiro atoms. The van der Waals surface area contributed by atoms with Crippen LogP contribution in [0.3, 0.4) is 0 Å². The van der Waals surface area contributed by atoms with E-state index in [1.165, 1.54) is 36.0 Å². The number of benzene rings is 3. The molecule has 0 radical (unpaired) electrons. The lowest BCUT2D eigenvalue weighted by Gasteiger charge is -2.42. The Morgan fingerprint density at radius 2 is 1.64 bits per heavy atom. The van der Waals surface area contributed by atoms with E-state index in [-0.39, 0.29) is 11.0 Å². The van der Waals surface area contributed by atoms with Gasteiger partial charge in [0.15, 0.2) is 5.16 Å². The summed E-state index contributed by atoms with van der Waals surface area (Å²) in [7, 11) is 0. The molecule has 1 saturated carbocycles. The van der Waals surface area contributed by atoms with Gasteiger partial charge in [-0.2, -0.15) is 0 Å². The van der Waals surface area contributed by atoms with Crippen LogP contribution in [0.2, 0.25) is 0 Å². The van der Waals surface area contributed by atoms with Crippen LogP contribution in [-0.4, -0.2) is 9.55 Å². The predicted molar refractivity (Wildman–Crippen MR) is 149 cm³/mol. The Hall–Kier alpha value is -3.11. The lowest BCUT2D eigenvalue weighted by Crippen LogP contribution is -2.42. The summed E-state index contributed by atoms with van der Waals surface area (Å²) >= 11 is 1.66. The highest BCUT2D eigenvalue weighted by atomic mass is 32.2. The number of fused-ring (bicyclic) bond motifs is 4. The highest BCUT2D eigenvalue weighted by molar-refractivity contribution is 7.98. The molecule has 36 heavy (non-hydrogen) atoms. The maximum atomic E-state index is 14.6. The van der Waals surface area contributed by atoms with Gasteiger partial charge in [-0.15, -0.1) is 0 Å². The zero-order chi connectivity index (χ0) is 24.7. The number of thioether (sulfide) groups is 1. The third-order valence-corrected chi connectivity index (χ3v) is 8.91. The molecular formula is C32H32N2OS. The molecule has 0 saturated heterocycles. The van der Waals surface area contributed by atoms with E-state index in [0.717, 1.165) is 58.2 Å². The zero-order valence-electron chi connectivity index (χ0n) is 21.1. The summed E-state index contributed by atoms with van der Waals surface area (Å²) < 4.78 is 1.90. The van der Waals surface area contributed by atoms with Crippen molar-refractivity contribution in [3.05, 3.63) is 111 Å². The predicted octanol–water partition coefficient (Wildman–Crippen LogP) is 7.57. The topological polar surface area (TPSA) is 34.9 Å². The molecule has 4 aromatic rings. The summed E-state index contributed by atoms with van der Waals surface area (Å²) in [5.74, 6) is 0.769. The Kier molecular flexibility index (Phi) is 6.08.